The van der Waals surface area contributed by atoms with Gasteiger partial charge in [-0.3, -0.25) is 14.5 Å². The van der Waals surface area contributed by atoms with E-state index in [1.54, 1.807) is 48.5 Å². The molecule has 0 saturated carbocycles. The van der Waals surface area contributed by atoms with Crippen molar-refractivity contribution < 1.29 is 19.1 Å². The number of nitrogens with zero attached hydrogens (tertiary/aromatic N) is 1. The number of amides is 1. The molecule has 2 aromatic carbocycles. The van der Waals surface area contributed by atoms with Crippen molar-refractivity contribution in [3.63, 3.8) is 0 Å². The fourth-order valence-electron chi connectivity index (χ4n) is 4.33. The molecule has 0 radical (unpaired) electrons. The lowest BCUT2D eigenvalue weighted by Crippen LogP contribution is -2.62. The smallest absolute Gasteiger partial charge is 0.308 e. The molecule has 6 nitrogen and oxygen atoms in total. The maximum absolute atomic E-state index is 12.7. The van der Waals surface area contributed by atoms with Gasteiger partial charge in [0, 0.05) is 24.6 Å². The normalized spacial score (nSPS) is 25.3. The van der Waals surface area contributed by atoms with Crippen molar-refractivity contribution in [1.82, 2.24) is 10.2 Å². The molecule has 2 aromatic rings. The summed E-state index contributed by atoms with van der Waals surface area (Å²) < 4.78 is 10.8. The Kier molecular flexibility index (Phi) is 5.53. The van der Waals surface area contributed by atoms with E-state index in [2.05, 4.69) is 17.1 Å². The lowest BCUT2D eigenvalue weighted by molar-refractivity contribution is -0.131. The molecular weight excluding hydrogens is 368 g/mol. The molecule has 1 N–H and O–H groups in total. The summed E-state index contributed by atoms with van der Waals surface area (Å²) in [4.78, 5) is 26.2. The lowest BCUT2D eigenvalue weighted by Gasteiger charge is -2.49. The summed E-state index contributed by atoms with van der Waals surface area (Å²) in [6.07, 6.45) is 2.33. The van der Waals surface area contributed by atoms with Gasteiger partial charge in [0.2, 0.25) is 0 Å². The van der Waals surface area contributed by atoms with Crippen molar-refractivity contribution in [2.75, 3.05) is 13.1 Å². The highest BCUT2D eigenvalue weighted by molar-refractivity contribution is 5.94. The average molecular weight is 394 g/mol. The quantitative estimate of drug-likeness (QED) is 0.620. The van der Waals surface area contributed by atoms with Crippen molar-refractivity contribution >= 4 is 11.9 Å². The molecule has 3 aliphatic rings. The Balaban J connectivity index is 1.36. The van der Waals surface area contributed by atoms with Crippen LogP contribution in [0.25, 0.3) is 0 Å². The van der Waals surface area contributed by atoms with Crippen LogP contribution in [0.1, 0.15) is 37.0 Å². The standard InChI is InChI=1S/C23H26N2O4/c1-15-22(17-11-13-25(15)14-12-17)24-23(27)18-3-5-20(6-4-18)29-21-9-7-19(8-10-21)28-16(2)26/h3-10,15,17,22H,11-14H2,1-2H3,(H,24,27)/t15-,22-/m0/s1. The molecular formula is C23H26N2O4. The maximum Gasteiger partial charge on any atom is 0.308 e. The van der Waals surface area contributed by atoms with Crippen LogP contribution in [0.5, 0.6) is 17.2 Å². The lowest BCUT2D eigenvalue weighted by atomic mass is 9.79. The highest BCUT2D eigenvalue weighted by atomic mass is 16.5. The van der Waals surface area contributed by atoms with E-state index in [1.807, 2.05) is 0 Å². The third-order valence-electron chi connectivity index (χ3n) is 5.91. The average Bonchev–Trinajstić information content (AvgIpc) is 2.72. The maximum atomic E-state index is 12.7. The van der Waals surface area contributed by atoms with Crippen LogP contribution >= 0.6 is 0 Å². The summed E-state index contributed by atoms with van der Waals surface area (Å²) in [5.74, 6) is 1.92. The number of hydrogen-bond acceptors (Lipinski definition) is 5. The van der Waals surface area contributed by atoms with E-state index in [0.717, 1.165) is 25.9 Å². The van der Waals surface area contributed by atoms with Gasteiger partial charge >= 0.3 is 5.97 Å². The number of ether oxygens (including phenoxy) is 2. The van der Waals surface area contributed by atoms with E-state index < -0.39 is 0 Å². The number of benzene rings is 2. The second kappa shape index (κ2) is 8.25. The monoisotopic (exact) mass is 394 g/mol. The summed E-state index contributed by atoms with van der Waals surface area (Å²) in [6, 6.07) is 14.6. The van der Waals surface area contributed by atoms with Crippen LogP contribution in [0.2, 0.25) is 0 Å². The summed E-state index contributed by atoms with van der Waals surface area (Å²) in [5.41, 5.74) is 0.631. The Morgan fingerprint density at radius 3 is 2.03 bits per heavy atom. The van der Waals surface area contributed by atoms with Gasteiger partial charge < -0.3 is 14.8 Å². The minimum atomic E-state index is -0.361. The topological polar surface area (TPSA) is 67.9 Å². The Hall–Kier alpha value is -2.86. The third kappa shape index (κ3) is 4.43. The predicted molar refractivity (Wildman–Crippen MR) is 109 cm³/mol. The molecule has 0 aliphatic carbocycles. The zero-order chi connectivity index (χ0) is 20.4. The van der Waals surface area contributed by atoms with Crippen molar-refractivity contribution in [1.29, 1.82) is 0 Å². The van der Waals surface area contributed by atoms with Crippen molar-refractivity contribution in [3.8, 4) is 17.2 Å². The van der Waals surface area contributed by atoms with E-state index >= 15 is 0 Å². The SMILES string of the molecule is CC(=O)Oc1ccc(Oc2ccc(C(=O)N[C@@H]3C4CCN(CC4)[C@H]3C)cc2)cc1. The largest absolute Gasteiger partial charge is 0.457 e. The number of esters is 1. The van der Waals surface area contributed by atoms with Crippen molar-refractivity contribution in [3.05, 3.63) is 54.1 Å². The molecule has 2 bridgehead atoms. The number of hydrogen-bond donors (Lipinski definition) is 1. The number of fused-ring (bicyclic) bond motifs is 3. The highest BCUT2D eigenvalue weighted by Gasteiger charge is 2.40. The van der Waals surface area contributed by atoms with Crippen LogP contribution < -0.4 is 14.8 Å². The molecule has 152 valence electrons. The van der Waals surface area contributed by atoms with Gasteiger partial charge in [-0.1, -0.05) is 0 Å². The first-order chi connectivity index (χ1) is 14.0. The van der Waals surface area contributed by atoms with Crippen LogP contribution in [0.15, 0.2) is 48.5 Å². The van der Waals surface area contributed by atoms with Crippen LogP contribution in [0.3, 0.4) is 0 Å². The van der Waals surface area contributed by atoms with Crippen LogP contribution in [0.4, 0.5) is 0 Å². The first-order valence-electron chi connectivity index (χ1n) is 10.1. The van der Waals surface area contributed by atoms with Crippen LogP contribution in [-0.2, 0) is 4.79 Å². The van der Waals surface area contributed by atoms with E-state index in [9.17, 15) is 9.59 Å². The van der Waals surface area contributed by atoms with Gasteiger partial charge in [-0.25, -0.2) is 0 Å². The Labute approximate surface area is 170 Å². The molecule has 3 saturated heterocycles. The Bertz CT molecular complexity index is 869. The van der Waals surface area contributed by atoms with Gasteiger partial charge in [0.15, 0.2) is 0 Å². The van der Waals surface area contributed by atoms with Crippen LogP contribution in [0, 0.1) is 5.92 Å². The van der Waals surface area contributed by atoms with E-state index in [0.29, 0.717) is 34.8 Å². The number of rotatable bonds is 5. The molecule has 3 aliphatic heterocycles. The van der Waals surface area contributed by atoms with Gasteiger partial charge in [0.05, 0.1) is 0 Å². The minimum Gasteiger partial charge on any atom is -0.457 e. The fourth-order valence-corrected chi connectivity index (χ4v) is 4.33. The van der Waals surface area contributed by atoms with Gasteiger partial charge in [-0.05, 0) is 87.3 Å². The second-order valence-electron chi connectivity index (χ2n) is 7.80. The molecule has 1 amide bonds. The van der Waals surface area contributed by atoms with E-state index in [4.69, 9.17) is 9.47 Å². The molecule has 29 heavy (non-hydrogen) atoms. The first-order valence-corrected chi connectivity index (χ1v) is 10.1. The third-order valence-corrected chi connectivity index (χ3v) is 5.91. The number of carbonyl (C=O) groups excluding carboxylic acids is 2. The second-order valence-corrected chi connectivity index (χ2v) is 7.80. The minimum absolute atomic E-state index is 0.0344. The number of piperidine rings is 3. The molecule has 0 aromatic heterocycles. The zero-order valence-corrected chi connectivity index (χ0v) is 16.8. The number of nitrogens with one attached hydrogen (secondary N) is 1. The molecule has 3 fully saturated rings. The predicted octanol–water partition coefficient (Wildman–Crippen LogP) is 3.62. The molecule has 0 unspecified atom stereocenters. The van der Waals surface area contributed by atoms with Gasteiger partial charge in [0.1, 0.15) is 17.2 Å². The van der Waals surface area contributed by atoms with Gasteiger partial charge in [0.25, 0.3) is 5.91 Å². The molecule has 0 spiro atoms. The summed E-state index contributed by atoms with van der Waals surface area (Å²) in [6.45, 7) is 5.86. The summed E-state index contributed by atoms with van der Waals surface area (Å²) in [7, 11) is 0. The molecule has 5 rings (SSSR count). The summed E-state index contributed by atoms with van der Waals surface area (Å²) >= 11 is 0. The molecule has 3 heterocycles. The van der Waals surface area contributed by atoms with Crippen molar-refractivity contribution in [2.45, 2.75) is 38.8 Å². The number of carbonyl (C=O) groups is 2. The molecule has 6 heteroatoms. The molecule has 2 atom stereocenters. The zero-order valence-electron chi connectivity index (χ0n) is 16.8. The summed E-state index contributed by atoms with van der Waals surface area (Å²) in [5, 5.41) is 3.24. The highest BCUT2D eigenvalue weighted by Crippen LogP contribution is 2.32. The van der Waals surface area contributed by atoms with Gasteiger partial charge in [-0.15, -0.1) is 0 Å². The van der Waals surface area contributed by atoms with Gasteiger partial charge in [-0.2, -0.15) is 0 Å². The van der Waals surface area contributed by atoms with Crippen LogP contribution in [-0.4, -0.2) is 41.9 Å². The van der Waals surface area contributed by atoms with E-state index in [1.165, 1.54) is 6.92 Å². The van der Waals surface area contributed by atoms with E-state index in [-0.39, 0.29) is 17.9 Å². The van der Waals surface area contributed by atoms with Crippen molar-refractivity contribution in [2.24, 2.45) is 5.92 Å². The Morgan fingerprint density at radius 2 is 1.48 bits per heavy atom. The Morgan fingerprint density at radius 1 is 0.931 bits per heavy atom. The fraction of sp³-hybridized carbons (Fsp3) is 0.391. The first kappa shape index (κ1) is 19.5.